The first-order valence-corrected chi connectivity index (χ1v) is 8.26. The second-order valence-corrected chi connectivity index (χ2v) is 6.52. The van der Waals surface area contributed by atoms with Gasteiger partial charge in [-0.3, -0.25) is 4.79 Å². The third-order valence-corrected chi connectivity index (χ3v) is 4.51. The Kier molecular flexibility index (Phi) is 5.88. The SMILES string of the molecule is C[C@@H](OC(=O)c1cc(Cl)ccc1O)C(=O)N[C@@H]1CCCC[C@@H]1C. The molecule has 1 aliphatic rings. The molecule has 1 saturated carbocycles. The topological polar surface area (TPSA) is 75.6 Å². The zero-order valence-electron chi connectivity index (χ0n) is 13.3. The van der Waals surface area contributed by atoms with Gasteiger partial charge in [-0.2, -0.15) is 0 Å². The normalized spacial score (nSPS) is 22.2. The minimum atomic E-state index is -0.935. The van der Waals surface area contributed by atoms with Crippen molar-refractivity contribution in [2.75, 3.05) is 0 Å². The van der Waals surface area contributed by atoms with Gasteiger partial charge in [0.1, 0.15) is 11.3 Å². The fraction of sp³-hybridized carbons (Fsp3) is 0.529. The molecule has 0 aliphatic heterocycles. The van der Waals surface area contributed by atoms with Gasteiger partial charge in [0.05, 0.1) is 0 Å². The van der Waals surface area contributed by atoms with Crippen molar-refractivity contribution in [3.63, 3.8) is 0 Å². The maximum Gasteiger partial charge on any atom is 0.342 e. The van der Waals surface area contributed by atoms with Crippen LogP contribution in [-0.2, 0) is 9.53 Å². The number of benzene rings is 1. The molecule has 1 amide bonds. The molecule has 23 heavy (non-hydrogen) atoms. The Morgan fingerprint density at radius 2 is 2.04 bits per heavy atom. The van der Waals surface area contributed by atoms with Crippen LogP contribution < -0.4 is 5.32 Å². The van der Waals surface area contributed by atoms with E-state index < -0.39 is 12.1 Å². The Hall–Kier alpha value is -1.75. The maximum atomic E-state index is 12.2. The number of aromatic hydroxyl groups is 1. The number of hydrogen-bond donors (Lipinski definition) is 2. The minimum Gasteiger partial charge on any atom is -0.507 e. The fourth-order valence-electron chi connectivity index (χ4n) is 2.78. The predicted octanol–water partition coefficient (Wildman–Crippen LogP) is 3.29. The number of ether oxygens (including phenoxy) is 1. The van der Waals surface area contributed by atoms with E-state index in [9.17, 15) is 14.7 Å². The van der Waals surface area contributed by atoms with Crippen LogP contribution in [0.3, 0.4) is 0 Å². The first kappa shape index (κ1) is 17.6. The summed E-state index contributed by atoms with van der Waals surface area (Å²) in [5.41, 5.74) is -0.0526. The zero-order chi connectivity index (χ0) is 17.0. The Morgan fingerprint density at radius 3 is 2.74 bits per heavy atom. The summed E-state index contributed by atoms with van der Waals surface area (Å²) in [6.45, 7) is 3.63. The van der Waals surface area contributed by atoms with Gasteiger partial charge < -0.3 is 15.2 Å². The lowest BCUT2D eigenvalue weighted by Crippen LogP contribution is -2.45. The molecule has 2 rings (SSSR count). The molecule has 126 valence electrons. The van der Waals surface area contributed by atoms with Gasteiger partial charge in [-0.05, 0) is 43.9 Å². The molecule has 0 spiro atoms. The molecule has 1 fully saturated rings. The van der Waals surface area contributed by atoms with E-state index in [1.165, 1.54) is 31.5 Å². The number of amides is 1. The molecule has 0 saturated heterocycles. The molecule has 3 atom stereocenters. The van der Waals surface area contributed by atoms with Gasteiger partial charge in [0.15, 0.2) is 6.10 Å². The van der Waals surface area contributed by atoms with E-state index in [1.807, 2.05) is 0 Å². The second kappa shape index (κ2) is 7.68. The summed E-state index contributed by atoms with van der Waals surface area (Å²) in [4.78, 5) is 24.3. The summed E-state index contributed by atoms with van der Waals surface area (Å²) in [6, 6.07) is 4.21. The maximum absolute atomic E-state index is 12.2. The number of nitrogens with one attached hydrogen (secondary N) is 1. The summed E-state index contributed by atoms with van der Waals surface area (Å²) in [7, 11) is 0. The van der Waals surface area contributed by atoms with Gasteiger partial charge in [0.2, 0.25) is 0 Å². The smallest absolute Gasteiger partial charge is 0.342 e. The van der Waals surface area contributed by atoms with E-state index in [1.54, 1.807) is 0 Å². The number of phenols is 1. The van der Waals surface area contributed by atoms with Crippen molar-refractivity contribution < 1.29 is 19.4 Å². The Balaban J connectivity index is 1.94. The number of carbonyl (C=O) groups is 2. The number of hydrogen-bond acceptors (Lipinski definition) is 4. The summed E-state index contributed by atoms with van der Waals surface area (Å²) >= 11 is 5.81. The van der Waals surface area contributed by atoms with E-state index >= 15 is 0 Å². The van der Waals surface area contributed by atoms with Crippen LogP contribution in [0.1, 0.15) is 49.9 Å². The van der Waals surface area contributed by atoms with Gasteiger partial charge in [0.25, 0.3) is 5.91 Å². The largest absolute Gasteiger partial charge is 0.507 e. The Labute approximate surface area is 141 Å². The van der Waals surface area contributed by atoms with Crippen molar-refractivity contribution in [3.8, 4) is 5.75 Å². The molecule has 0 aromatic heterocycles. The number of halogens is 1. The summed E-state index contributed by atoms with van der Waals surface area (Å²) < 4.78 is 5.14. The average molecular weight is 340 g/mol. The lowest BCUT2D eigenvalue weighted by molar-refractivity contribution is -0.130. The highest BCUT2D eigenvalue weighted by molar-refractivity contribution is 6.31. The van der Waals surface area contributed by atoms with Crippen LogP contribution in [0.5, 0.6) is 5.75 Å². The first-order valence-electron chi connectivity index (χ1n) is 7.88. The third kappa shape index (κ3) is 4.61. The van der Waals surface area contributed by atoms with Gasteiger partial charge in [0, 0.05) is 11.1 Å². The monoisotopic (exact) mass is 339 g/mol. The van der Waals surface area contributed by atoms with Crippen molar-refractivity contribution in [1.82, 2.24) is 5.32 Å². The van der Waals surface area contributed by atoms with Crippen molar-refractivity contribution in [1.29, 1.82) is 0 Å². The highest BCUT2D eigenvalue weighted by Crippen LogP contribution is 2.24. The number of rotatable bonds is 4. The third-order valence-electron chi connectivity index (χ3n) is 4.27. The lowest BCUT2D eigenvalue weighted by Gasteiger charge is -2.30. The first-order chi connectivity index (χ1) is 10.9. The molecule has 0 heterocycles. The number of carbonyl (C=O) groups excluding carboxylic acids is 2. The van der Waals surface area contributed by atoms with E-state index in [2.05, 4.69) is 12.2 Å². The standard InChI is InChI=1S/C17H22ClNO4/c1-10-5-3-4-6-14(10)19-16(21)11(2)23-17(22)13-9-12(18)7-8-15(13)20/h7-11,14,20H,3-6H2,1-2H3,(H,19,21)/t10-,11+,14+/m0/s1. The molecule has 1 aliphatic carbocycles. The van der Waals surface area contributed by atoms with Gasteiger partial charge in [-0.1, -0.05) is 31.4 Å². The molecule has 2 N–H and O–H groups in total. The zero-order valence-corrected chi connectivity index (χ0v) is 14.1. The molecule has 6 heteroatoms. The van der Waals surface area contributed by atoms with Crippen LogP contribution in [0.15, 0.2) is 18.2 Å². The van der Waals surface area contributed by atoms with Gasteiger partial charge in [-0.25, -0.2) is 4.79 Å². The number of esters is 1. The van der Waals surface area contributed by atoms with Crippen molar-refractivity contribution in [2.45, 2.75) is 51.7 Å². The Bertz CT molecular complexity index is 590. The molecule has 5 nitrogen and oxygen atoms in total. The summed E-state index contributed by atoms with van der Waals surface area (Å²) in [5.74, 6) is -0.900. The highest BCUT2D eigenvalue weighted by Gasteiger charge is 2.27. The fourth-order valence-corrected chi connectivity index (χ4v) is 2.95. The molecule has 0 unspecified atom stereocenters. The lowest BCUT2D eigenvalue weighted by atomic mass is 9.86. The van der Waals surface area contributed by atoms with Gasteiger partial charge >= 0.3 is 5.97 Å². The molecular formula is C17H22ClNO4. The van der Waals surface area contributed by atoms with Crippen LogP contribution in [0.25, 0.3) is 0 Å². The van der Waals surface area contributed by atoms with E-state index in [4.69, 9.17) is 16.3 Å². The van der Waals surface area contributed by atoms with Gasteiger partial charge in [-0.15, -0.1) is 0 Å². The number of phenolic OH excluding ortho intramolecular Hbond substituents is 1. The Morgan fingerprint density at radius 1 is 1.35 bits per heavy atom. The molecule has 1 aromatic rings. The minimum absolute atomic E-state index is 0.0526. The van der Waals surface area contributed by atoms with Crippen LogP contribution >= 0.6 is 11.6 Å². The molecule has 1 aromatic carbocycles. The predicted molar refractivity (Wildman–Crippen MR) is 87.6 cm³/mol. The highest BCUT2D eigenvalue weighted by atomic mass is 35.5. The average Bonchev–Trinajstić information content (AvgIpc) is 2.51. The summed E-state index contributed by atoms with van der Waals surface area (Å²) in [6.07, 6.45) is 3.39. The molecule has 0 radical (unpaired) electrons. The van der Waals surface area contributed by atoms with E-state index in [-0.39, 0.29) is 23.3 Å². The molecule has 0 bridgehead atoms. The van der Waals surface area contributed by atoms with Crippen molar-refractivity contribution in [3.05, 3.63) is 28.8 Å². The second-order valence-electron chi connectivity index (χ2n) is 6.09. The van der Waals surface area contributed by atoms with E-state index in [0.29, 0.717) is 10.9 Å². The van der Waals surface area contributed by atoms with Crippen LogP contribution in [0.4, 0.5) is 0 Å². The van der Waals surface area contributed by atoms with Crippen LogP contribution in [0.2, 0.25) is 5.02 Å². The van der Waals surface area contributed by atoms with E-state index in [0.717, 1.165) is 19.3 Å². The van der Waals surface area contributed by atoms with Crippen molar-refractivity contribution in [2.24, 2.45) is 5.92 Å². The van der Waals surface area contributed by atoms with Crippen molar-refractivity contribution >= 4 is 23.5 Å². The summed E-state index contributed by atoms with van der Waals surface area (Å²) in [5, 5.41) is 12.9. The molecular weight excluding hydrogens is 318 g/mol. The van der Waals surface area contributed by atoms with Crippen LogP contribution in [0, 0.1) is 5.92 Å². The van der Waals surface area contributed by atoms with Crippen LogP contribution in [-0.4, -0.2) is 29.1 Å². The quantitative estimate of drug-likeness (QED) is 0.825.